The minimum absolute atomic E-state index is 0.00951. The van der Waals surface area contributed by atoms with E-state index in [1.807, 2.05) is 19.2 Å². The molecule has 0 radical (unpaired) electrons. The summed E-state index contributed by atoms with van der Waals surface area (Å²) in [4.78, 5) is 23.2. The Bertz CT molecular complexity index is 699. The molecule has 1 rings (SSSR count). The van der Waals surface area contributed by atoms with E-state index in [9.17, 15) is 31.2 Å². The van der Waals surface area contributed by atoms with Crippen LogP contribution in [0.15, 0.2) is 11.6 Å². The molecule has 30 heavy (non-hydrogen) atoms. The molecule has 0 aromatic rings. The zero-order valence-electron chi connectivity index (χ0n) is 17.2. The smallest absolute Gasteiger partial charge is 0.463 e. The summed E-state index contributed by atoms with van der Waals surface area (Å²) < 4.78 is 74.3. The molecule has 1 aliphatic carbocycles. The van der Waals surface area contributed by atoms with Crippen LogP contribution in [0.25, 0.3) is 0 Å². The highest BCUT2D eigenvalue weighted by atomic mass is 32.2. The van der Waals surface area contributed by atoms with E-state index in [0.29, 0.717) is 19.1 Å². The Hall–Kier alpha value is -1.70. The lowest BCUT2D eigenvalue weighted by Crippen LogP contribution is -2.59. The van der Waals surface area contributed by atoms with Gasteiger partial charge in [-0.2, -0.15) is 21.6 Å². The van der Waals surface area contributed by atoms with Crippen LogP contribution in [-0.4, -0.2) is 68.2 Å². The molecule has 0 unspecified atom stereocenters. The van der Waals surface area contributed by atoms with Gasteiger partial charge in [-0.15, -0.1) is 0 Å². The molecular weight excluding hydrogens is 433 g/mol. The van der Waals surface area contributed by atoms with Gasteiger partial charge in [0.15, 0.2) is 0 Å². The van der Waals surface area contributed by atoms with Gasteiger partial charge in [0.2, 0.25) is 0 Å². The molecule has 0 aliphatic heterocycles. The lowest BCUT2D eigenvalue weighted by molar-refractivity contribution is -0.175. The van der Waals surface area contributed by atoms with Gasteiger partial charge in [0, 0.05) is 11.6 Å². The maximum absolute atomic E-state index is 12.6. The van der Waals surface area contributed by atoms with Crippen LogP contribution in [0.1, 0.15) is 40.0 Å². The van der Waals surface area contributed by atoms with Crippen molar-refractivity contribution < 1.29 is 45.2 Å². The summed E-state index contributed by atoms with van der Waals surface area (Å²) in [6.45, 7) is 5.55. The fourth-order valence-electron chi connectivity index (χ4n) is 2.62. The van der Waals surface area contributed by atoms with Crippen molar-refractivity contribution in [3.8, 4) is 0 Å². The summed E-state index contributed by atoms with van der Waals surface area (Å²) in [7, 11) is -3.67. The van der Waals surface area contributed by atoms with Crippen molar-refractivity contribution in [2.45, 2.75) is 70.5 Å². The molecule has 9 nitrogen and oxygen atoms in total. The van der Waals surface area contributed by atoms with Crippen molar-refractivity contribution in [1.82, 2.24) is 5.32 Å². The first-order valence-electron chi connectivity index (χ1n) is 9.22. The summed E-state index contributed by atoms with van der Waals surface area (Å²) in [6.07, 6.45) is -2.84. The zero-order valence-corrected chi connectivity index (χ0v) is 18.0. The molecule has 3 atom stereocenters. The molecular formula is C17H29F3N2O7S. The molecule has 0 fully saturated rings. The maximum atomic E-state index is 12.6. The van der Waals surface area contributed by atoms with Crippen molar-refractivity contribution in [1.29, 1.82) is 0 Å². The highest BCUT2D eigenvalue weighted by Crippen LogP contribution is 2.25. The van der Waals surface area contributed by atoms with E-state index in [1.54, 1.807) is 6.92 Å². The largest absolute Gasteiger partial charge is 0.471 e. The number of carbonyl (C=O) groups is 2. The van der Waals surface area contributed by atoms with E-state index >= 15 is 0 Å². The Morgan fingerprint density at radius 2 is 1.80 bits per heavy atom. The molecule has 176 valence electrons. The number of nitrogens with two attached hydrogens (primary N) is 1. The molecule has 0 saturated heterocycles. The van der Waals surface area contributed by atoms with Crippen LogP contribution in [-0.2, 0) is 29.2 Å². The number of nitrogens with one attached hydrogen (secondary N) is 1. The van der Waals surface area contributed by atoms with Crippen molar-refractivity contribution in [2.75, 3.05) is 12.9 Å². The number of alkyl halides is 3. The summed E-state index contributed by atoms with van der Waals surface area (Å²) in [5.74, 6) is -2.67. The van der Waals surface area contributed by atoms with Gasteiger partial charge in [0.05, 0.1) is 31.1 Å². The quantitative estimate of drug-likeness (QED) is 0.380. The Morgan fingerprint density at radius 1 is 1.30 bits per heavy atom. The molecule has 4 N–H and O–H groups in total. The normalized spacial score (nSPS) is 21.9. The molecule has 0 saturated carbocycles. The molecule has 1 amide bonds. The summed E-state index contributed by atoms with van der Waals surface area (Å²) >= 11 is 0. The minimum Gasteiger partial charge on any atom is -0.463 e. The van der Waals surface area contributed by atoms with E-state index in [1.165, 1.54) is 6.08 Å². The van der Waals surface area contributed by atoms with Crippen LogP contribution < -0.4 is 11.1 Å². The lowest BCUT2D eigenvalue weighted by Gasteiger charge is -2.36. The number of ether oxygens (including phenoxy) is 2. The van der Waals surface area contributed by atoms with Crippen molar-refractivity contribution in [3.05, 3.63) is 11.6 Å². The van der Waals surface area contributed by atoms with Gasteiger partial charge in [0.25, 0.3) is 10.1 Å². The van der Waals surface area contributed by atoms with Crippen molar-refractivity contribution in [3.63, 3.8) is 0 Å². The number of rotatable bonds is 7. The standard InChI is InChI=1S/C16H25F3N2O4.CH4O3S/c1-4-10(5-2)25-12-8-9(14(22)24-6-3)7-11(20)13(12)21-15(23)16(17,18)19;1-5(2,3)4/h8,10-13H,4-7,20H2,1-3H3,(H,21,23);1H3,(H,2,3,4)/t11-,12+,13+;/m0./s1. The fraction of sp³-hybridized carbons (Fsp3) is 0.765. The molecule has 0 heterocycles. The van der Waals surface area contributed by atoms with E-state index in [4.69, 9.17) is 19.8 Å². The fourth-order valence-corrected chi connectivity index (χ4v) is 2.62. The topological polar surface area (TPSA) is 145 Å². The Labute approximate surface area is 173 Å². The molecule has 13 heteroatoms. The summed E-state index contributed by atoms with van der Waals surface area (Å²) in [6, 6.07) is -2.00. The van der Waals surface area contributed by atoms with Crippen molar-refractivity contribution >= 4 is 22.0 Å². The summed E-state index contributed by atoms with van der Waals surface area (Å²) in [5, 5.41) is 1.89. The average Bonchev–Trinajstić information content (AvgIpc) is 2.59. The van der Waals surface area contributed by atoms with E-state index in [0.717, 1.165) is 0 Å². The second-order valence-electron chi connectivity index (χ2n) is 6.55. The second kappa shape index (κ2) is 12.2. The van der Waals surface area contributed by atoms with Crippen LogP contribution in [0.3, 0.4) is 0 Å². The lowest BCUT2D eigenvalue weighted by atomic mass is 9.88. The van der Waals surface area contributed by atoms with Crippen LogP contribution in [0, 0.1) is 0 Å². The highest BCUT2D eigenvalue weighted by Gasteiger charge is 2.44. The van der Waals surface area contributed by atoms with Crippen LogP contribution >= 0.6 is 0 Å². The van der Waals surface area contributed by atoms with Crippen LogP contribution in [0.5, 0.6) is 0 Å². The first-order chi connectivity index (χ1) is 13.6. The third kappa shape index (κ3) is 10.9. The Balaban J connectivity index is 0.00000150. The molecule has 0 spiro atoms. The van der Waals surface area contributed by atoms with Crippen molar-refractivity contribution in [2.24, 2.45) is 5.73 Å². The van der Waals surface area contributed by atoms with Gasteiger partial charge in [-0.1, -0.05) is 13.8 Å². The summed E-state index contributed by atoms with van der Waals surface area (Å²) in [5.41, 5.74) is 6.17. The number of carbonyl (C=O) groups excluding carboxylic acids is 2. The number of halogens is 3. The van der Waals surface area contributed by atoms with Gasteiger partial charge in [-0.3, -0.25) is 9.35 Å². The van der Waals surface area contributed by atoms with E-state index in [2.05, 4.69) is 0 Å². The first-order valence-corrected chi connectivity index (χ1v) is 11.1. The molecule has 0 aromatic carbocycles. The van der Waals surface area contributed by atoms with Gasteiger partial charge < -0.3 is 20.5 Å². The molecule has 1 aliphatic rings. The number of hydrogen-bond donors (Lipinski definition) is 3. The maximum Gasteiger partial charge on any atom is 0.471 e. The van der Waals surface area contributed by atoms with Gasteiger partial charge in [-0.05, 0) is 32.3 Å². The number of esters is 1. The monoisotopic (exact) mass is 462 g/mol. The van der Waals surface area contributed by atoms with Gasteiger partial charge in [-0.25, -0.2) is 4.79 Å². The third-order valence-electron chi connectivity index (χ3n) is 3.99. The predicted molar refractivity (Wildman–Crippen MR) is 102 cm³/mol. The predicted octanol–water partition coefficient (Wildman–Crippen LogP) is 1.33. The third-order valence-corrected chi connectivity index (χ3v) is 3.99. The first kappa shape index (κ1) is 28.3. The van der Waals surface area contributed by atoms with E-state index < -0.39 is 46.4 Å². The Morgan fingerprint density at radius 3 is 2.20 bits per heavy atom. The number of hydrogen-bond acceptors (Lipinski definition) is 7. The van der Waals surface area contributed by atoms with Gasteiger partial charge in [0.1, 0.15) is 0 Å². The molecule has 0 aromatic heterocycles. The van der Waals surface area contributed by atoms with Crippen LogP contribution in [0.4, 0.5) is 13.2 Å². The van der Waals surface area contributed by atoms with E-state index in [-0.39, 0.29) is 24.7 Å². The number of amides is 1. The minimum atomic E-state index is -5.02. The molecule has 0 bridgehead atoms. The highest BCUT2D eigenvalue weighted by molar-refractivity contribution is 7.85. The Kier molecular flexibility index (Phi) is 11.5. The van der Waals surface area contributed by atoms with Crippen LogP contribution in [0.2, 0.25) is 0 Å². The second-order valence-corrected chi connectivity index (χ2v) is 8.02. The zero-order chi connectivity index (χ0) is 23.7. The average molecular weight is 462 g/mol. The SMILES string of the molecule is CCOC(=O)C1=C[C@@H](OC(CC)CC)[C@H](NC(=O)C(F)(F)F)[C@@H](N)C1.CS(=O)(=O)O. The van der Waals surface area contributed by atoms with Gasteiger partial charge >= 0.3 is 18.1 Å².